The fourth-order valence-electron chi connectivity index (χ4n) is 4.49. The number of carbonyl (C=O) groups is 1. The van der Waals surface area contributed by atoms with E-state index >= 15 is 0 Å². The van der Waals surface area contributed by atoms with Crippen LogP contribution in [0.2, 0.25) is 0 Å². The Kier molecular flexibility index (Phi) is 6.18. The largest absolute Gasteiger partial charge is 0.505 e. The molecule has 188 valence electrons. The molecule has 1 aliphatic heterocycles. The van der Waals surface area contributed by atoms with E-state index in [1.165, 1.54) is 10.0 Å². The molecule has 0 spiro atoms. The number of hydrazone groups is 1. The quantitative estimate of drug-likeness (QED) is 0.273. The summed E-state index contributed by atoms with van der Waals surface area (Å²) in [6, 6.07) is 18.0. The van der Waals surface area contributed by atoms with Gasteiger partial charge in [0.1, 0.15) is 5.75 Å². The number of phenols is 1. The molecule has 0 radical (unpaired) electrons. The van der Waals surface area contributed by atoms with Gasteiger partial charge in [0.15, 0.2) is 11.9 Å². The summed E-state index contributed by atoms with van der Waals surface area (Å²) in [5.74, 6) is 6.82. The highest BCUT2D eigenvalue weighted by atomic mass is 16.3. The number of hydrogen-bond donors (Lipinski definition) is 3. The van der Waals surface area contributed by atoms with Crippen LogP contribution in [0.3, 0.4) is 0 Å². The second kappa shape index (κ2) is 9.47. The van der Waals surface area contributed by atoms with Crippen LogP contribution < -0.4 is 15.9 Å². The maximum absolute atomic E-state index is 13.4. The molecule has 3 aromatic carbocycles. The van der Waals surface area contributed by atoms with Crippen molar-refractivity contribution in [2.45, 2.75) is 39.7 Å². The molecule has 10 heteroatoms. The van der Waals surface area contributed by atoms with Crippen molar-refractivity contribution in [2.24, 2.45) is 10.9 Å². The summed E-state index contributed by atoms with van der Waals surface area (Å²) in [5.41, 5.74) is 6.17. The van der Waals surface area contributed by atoms with Gasteiger partial charge in [-0.25, -0.2) is 10.9 Å². The molecule has 0 saturated carbocycles. The van der Waals surface area contributed by atoms with Crippen molar-refractivity contribution in [1.82, 2.24) is 20.6 Å². The Morgan fingerprint density at radius 3 is 2.49 bits per heavy atom. The number of tetrazole rings is 1. The summed E-state index contributed by atoms with van der Waals surface area (Å²) in [7, 11) is 0. The van der Waals surface area contributed by atoms with Gasteiger partial charge in [-0.2, -0.15) is 10.1 Å². The Balaban J connectivity index is 1.41. The zero-order valence-electron chi connectivity index (χ0n) is 21.0. The number of nitrogens with one attached hydrogen (secondary N) is 1. The number of nitrogens with two attached hydrogens (primary N) is 1. The summed E-state index contributed by atoms with van der Waals surface area (Å²) in [4.78, 5) is 13.4. The van der Waals surface area contributed by atoms with Crippen molar-refractivity contribution >= 4 is 23.0 Å². The van der Waals surface area contributed by atoms with E-state index < -0.39 is 6.04 Å². The Morgan fingerprint density at radius 1 is 1.05 bits per heavy atom. The van der Waals surface area contributed by atoms with Crippen molar-refractivity contribution in [2.75, 3.05) is 10.0 Å². The number of aryl methyl sites for hydroxylation is 2. The first-order valence-corrected chi connectivity index (χ1v) is 11.9. The fraction of sp³-hybridized carbons (Fsp3) is 0.222. The number of H-pyrrole nitrogens is 1. The lowest BCUT2D eigenvalue weighted by Crippen LogP contribution is -2.50. The highest BCUT2D eigenvalue weighted by Gasteiger charge is 2.39. The lowest BCUT2D eigenvalue weighted by Gasteiger charge is -2.26. The van der Waals surface area contributed by atoms with Crippen LogP contribution >= 0.6 is 0 Å². The van der Waals surface area contributed by atoms with Gasteiger partial charge >= 0.3 is 0 Å². The number of hydrazine groups is 1. The van der Waals surface area contributed by atoms with E-state index in [-0.39, 0.29) is 17.6 Å². The summed E-state index contributed by atoms with van der Waals surface area (Å²) in [5, 5.41) is 32.4. The maximum Gasteiger partial charge on any atom is 0.277 e. The lowest BCUT2D eigenvalue weighted by molar-refractivity contribution is -0.117. The Morgan fingerprint density at radius 2 is 1.81 bits per heavy atom. The molecule has 5 rings (SSSR count). The smallest absolute Gasteiger partial charge is 0.277 e. The van der Waals surface area contributed by atoms with E-state index in [9.17, 15) is 9.90 Å². The summed E-state index contributed by atoms with van der Waals surface area (Å²) in [6.07, 6.45) is 0. The molecule has 37 heavy (non-hydrogen) atoms. The number of aromatic amines is 1. The predicted molar refractivity (Wildman–Crippen MR) is 142 cm³/mol. The van der Waals surface area contributed by atoms with Gasteiger partial charge < -0.3 is 5.11 Å². The Labute approximate surface area is 214 Å². The number of phenolic OH excluding ortho intramolecular Hbond substituents is 1. The van der Waals surface area contributed by atoms with E-state index in [1.807, 2.05) is 69.3 Å². The minimum atomic E-state index is -0.846. The van der Waals surface area contributed by atoms with Crippen LogP contribution in [0.4, 0.5) is 11.4 Å². The molecule has 1 aliphatic rings. The van der Waals surface area contributed by atoms with Gasteiger partial charge in [0.2, 0.25) is 0 Å². The van der Waals surface area contributed by atoms with Gasteiger partial charge in [-0.3, -0.25) is 9.80 Å². The average Bonchev–Trinajstić information content (AvgIpc) is 3.53. The number of benzene rings is 3. The zero-order valence-corrected chi connectivity index (χ0v) is 21.0. The van der Waals surface area contributed by atoms with Crippen molar-refractivity contribution in [3.05, 3.63) is 83.2 Å². The van der Waals surface area contributed by atoms with E-state index in [0.717, 1.165) is 22.3 Å². The molecule has 4 aromatic rings. The van der Waals surface area contributed by atoms with Crippen LogP contribution in [0.5, 0.6) is 5.75 Å². The first kappa shape index (κ1) is 24.1. The monoisotopic (exact) mass is 496 g/mol. The van der Waals surface area contributed by atoms with Crippen LogP contribution in [0, 0.1) is 13.8 Å². The molecule has 2 heterocycles. The van der Waals surface area contributed by atoms with Crippen LogP contribution in [-0.2, 0) is 4.79 Å². The third kappa shape index (κ3) is 4.31. The minimum absolute atomic E-state index is 0.0144. The molecular formula is C27H28N8O2. The summed E-state index contributed by atoms with van der Waals surface area (Å²) in [6.45, 7) is 7.77. The van der Waals surface area contributed by atoms with Crippen molar-refractivity contribution < 1.29 is 9.90 Å². The average molecular weight is 497 g/mol. The van der Waals surface area contributed by atoms with Gasteiger partial charge in [-0.15, -0.1) is 5.10 Å². The zero-order chi connectivity index (χ0) is 26.3. The molecule has 1 amide bonds. The second-order valence-corrected chi connectivity index (χ2v) is 9.27. The van der Waals surface area contributed by atoms with Gasteiger partial charge in [-0.1, -0.05) is 49.4 Å². The van der Waals surface area contributed by atoms with Gasteiger partial charge in [0, 0.05) is 11.5 Å². The molecule has 2 unspecified atom stereocenters. The number of hydrogen-bond acceptors (Lipinski definition) is 8. The molecular weight excluding hydrogens is 468 g/mol. The molecule has 0 bridgehead atoms. The molecule has 2 atom stereocenters. The molecule has 1 aromatic heterocycles. The van der Waals surface area contributed by atoms with E-state index in [1.54, 1.807) is 19.1 Å². The fourth-order valence-corrected chi connectivity index (χ4v) is 4.49. The van der Waals surface area contributed by atoms with Crippen LogP contribution in [-0.4, -0.2) is 43.4 Å². The van der Waals surface area contributed by atoms with Gasteiger partial charge in [0.25, 0.3) is 5.91 Å². The number of carbonyl (C=O) groups excluding carboxylic acids is 1. The minimum Gasteiger partial charge on any atom is -0.505 e. The number of aromatic nitrogens is 4. The first-order valence-electron chi connectivity index (χ1n) is 11.9. The number of amides is 1. The third-order valence-corrected chi connectivity index (χ3v) is 6.90. The van der Waals surface area contributed by atoms with Crippen molar-refractivity contribution in [3.8, 4) is 16.9 Å². The van der Waals surface area contributed by atoms with Crippen molar-refractivity contribution in [1.29, 1.82) is 0 Å². The van der Waals surface area contributed by atoms with Crippen LogP contribution in [0.25, 0.3) is 11.1 Å². The van der Waals surface area contributed by atoms with Crippen LogP contribution in [0.1, 0.15) is 42.3 Å². The van der Waals surface area contributed by atoms with Gasteiger partial charge in [-0.05, 0) is 71.7 Å². The topological polar surface area (TPSA) is 137 Å². The normalized spacial score (nSPS) is 16.1. The number of nitrogens with zero attached hydrogens (tertiary/aromatic N) is 6. The molecule has 0 aliphatic carbocycles. The van der Waals surface area contributed by atoms with Crippen LogP contribution in [0.15, 0.2) is 65.8 Å². The van der Waals surface area contributed by atoms with Crippen molar-refractivity contribution in [3.63, 3.8) is 0 Å². The van der Waals surface area contributed by atoms with E-state index in [0.29, 0.717) is 28.5 Å². The molecule has 10 nitrogen and oxygen atoms in total. The van der Waals surface area contributed by atoms with Gasteiger partial charge in [0.05, 0.1) is 17.1 Å². The number of para-hydroxylation sites is 1. The Hall–Kier alpha value is -4.57. The highest BCUT2D eigenvalue weighted by Crippen LogP contribution is 2.39. The number of anilines is 2. The standard InChI is InChI=1S/C27H28N8O2/c1-15-8-13-21(14-16(15)2)35-27(37)24(18(4)31-35)34(28)23-7-5-6-22(25(23)36)20-11-9-19(10-12-20)17(3)26-29-32-33-30-26/h5-14,17,24,36H,28H2,1-4H3,(H,29,30,32,33). The SMILES string of the molecule is CC1=NN(c2ccc(C)c(C)c2)C(=O)C1N(N)c1cccc(-c2ccc(C(C)c3nnn[nH]3)cc2)c1O. The van der Waals surface area contributed by atoms with E-state index in [2.05, 4.69) is 25.7 Å². The van der Waals surface area contributed by atoms with E-state index in [4.69, 9.17) is 5.84 Å². The predicted octanol–water partition coefficient (Wildman–Crippen LogP) is 3.81. The first-order chi connectivity index (χ1) is 17.8. The lowest BCUT2D eigenvalue weighted by atomic mass is 9.96. The Bertz CT molecular complexity index is 1480. The molecule has 0 saturated heterocycles. The summed E-state index contributed by atoms with van der Waals surface area (Å²) < 4.78 is 0. The number of rotatable bonds is 6. The maximum atomic E-state index is 13.4. The summed E-state index contributed by atoms with van der Waals surface area (Å²) >= 11 is 0. The molecule has 0 fully saturated rings. The molecule has 4 N–H and O–H groups in total. The highest BCUT2D eigenvalue weighted by molar-refractivity contribution is 6.20. The second-order valence-electron chi connectivity index (χ2n) is 9.27. The number of aromatic hydroxyl groups is 1. The third-order valence-electron chi connectivity index (χ3n) is 6.90.